The number of rotatable bonds is 1. The van der Waals surface area contributed by atoms with Crippen molar-refractivity contribution < 1.29 is 0 Å². The van der Waals surface area contributed by atoms with Crippen LogP contribution >= 0.6 is 12.2 Å². The van der Waals surface area contributed by atoms with Crippen molar-refractivity contribution in [3.05, 3.63) is 34.9 Å². The van der Waals surface area contributed by atoms with Crippen molar-refractivity contribution in [2.24, 2.45) is 0 Å². The molecule has 0 atom stereocenters. The van der Waals surface area contributed by atoms with Gasteiger partial charge in [0.2, 0.25) is 0 Å². The normalized spacial score (nSPS) is 9.58. The first kappa shape index (κ1) is 9.20. The summed E-state index contributed by atoms with van der Waals surface area (Å²) in [6.45, 7) is 4.19. The van der Waals surface area contributed by atoms with Gasteiger partial charge in [-0.3, -0.25) is 0 Å². The minimum atomic E-state index is 0.816. The number of hydrogen-bond acceptors (Lipinski definition) is 1. The average molecular weight is 179 g/mol. The van der Waals surface area contributed by atoms with Crippen LogP contribution in [0.15, 0.2) is 18.2 Å². The standard InChI is InChI=1S/C10H13NS/c1-7-5-4-6-9(8(7)2)10(12)11-3/h4-6H,1-3H3,(H,11,12). The fourth-order valence-corrected chi connectivity index (χ4v) is 1.35. The van der Waals surface area contributed by atoms with Crippen LogP contribution in [0.5, 0.6) is 0 Å². The highest BCUT2D eigenvalue weighted by atomic mass is 32.1. The number of aryl methyl sites for hydroxylation is 1. The Balaban J connectivity index is 3.16. The Kier molecular flexibility index (Phi) is 2.82. The van der Waals surface area contributed by atoms with Crippen molar-refractivity contribution in [3.63, 3.8) is 0 Å². The molecule has 64 valence electrons. The molecule has 0 saturated heterocycles. The molecule has 0 spiro atoms. The molecule has 0 aliphatic rings. The molecule has 0 heterocycles. The largest absolute Gasteiger partial charge is 0.379 e. The van der Waals surface area contributed by atoms with E-state index in [9.17, 15) is 0 Å². The van der Waals surface area contributed by atoms with E-state index in [-0.39, 0.29) is 0 Å². The van der Waals surface area contributed by atoms with Gasteiger partial charge < -0.3 is 5.32 Å². The molecule has 1 aromatic rings. The first-order chi connectivity index (χ1) is 5.66. The molecule has 1 nitrogen and oxygen atoms in total. The first-order valence-corrected chi connectivity index (χ1v) is 4.36. The van der Waals surface area contributed by atoms with Gasteiger partial charge in [0, 0.05) is 12.6 Å². The average Bonchev–Trinajstić information content (AvgIpc) is 2.08. The summed E-state index contributed by atoms with van der Waals surface area (Å²) >= 11 is 5.16. The molecule has 0 aromatic heterocycles. The Morgan fingerprint density at radius 3 is 2.58 bits per heavy atom. The van der Waals surface area contributed by atoms with Crippen LogP contribution in [-0.4, -0.2) is 12.0 Å². The lowest BCUT2D eigenvalue weighted by Gasteiger charge is -2.08. The van der Waals surface area contributed by atoms with Gasteiger partial charge in [0.25, 0.3) is 0 Å². The Morgan fingerprint density at radius 2 is 2.00 bits per heavy atom. The van der Waals surface area contributed by atoms with Gasteiger partial charge in [-0.05, 0) is 25.0 Å². The molecule has 0 bridgehead atoms. The van der Waals surface area contributed by atoms with Gasteiger partial charge in [-0.1, -0.05) is 30.4 Å². The van der Waals surface area contributed by atoms with E-state index in [1.54, 1.807) is 0 Å². The van der Waals surface area contributed by atoms with Gasteiger partial charge in [-0.15, -0.1) is 0 Å². The van der Waals surface area contributed by atoms with E-state index in [1.807, 2.05) is 19.2 Å². The third-order valence-electron chi connectivity index (χ3n) is 2.08. The summed E-state index contributed by atoms with van der Waals surface area (Å²) in [5, 5.41) is 2.98. The van der Waals surface area contributed by atoms with Crippen LogP contribution in [0.1, 0.15) is 16.7 Å². The molecule has 1 rings (SSSR count). The third-order valence-corrected chi connectivity index (χ3v) is 2.50. The van der Waals surface area contributed by atoms with Gasteiger partial charge >= 0.3 is 0 Å². The zero-order valence-electron chi connectivity index (χ0n) is 7.64. The highest BCUT2D eigenvalue weighted by Gasteiger charge is 2.03. The van der Waals surface area contributed by atoms with Crippen molar-refractivity contribution in [1.29, 1.82) is 0 Å². The van der Waals surface area contributed by atoms with Crippen LogP contribution in [0.2, 0.25) is 0 Å². The second kappa shape index (κ2) is 3.68. The topological polar surface area (TPSA) is 12.0 Å². The summed E-state index contributed by atoms with van der Waals surface area (Å²) in [4.78, 5) is 0.816. The summed E-state index contributed by atoms with van der Waals surface area (Å²) in [6, 6.07) is 6.17. The van der Waals surface area contributed by atoms with Crippen LogP contribution in [0, 0.1) is 13.8 Å². The molecular formula is C10H13NS. The molecule has 0 aliphatic carbocycles. The molecule has 0 saturated carbocycles. The number of thiocarbonyl (C=S) groups is 1. The monoisotopic (exact) mass is 179 g/mol. The summed E-state index contributed by atoms with van der Waals surface area (Å²) in [5.74, 6) is 0. The second-order valence-electron chi connectivity index (χ2n) is 2.83. The molecular weight excluding hydrogens is 166 g/mol. The Labute approximate surface area is 78.8 Å². The van der Waals surface area contributed by atoms with E-state index < -0.39 is 0 Å². The molecule has 1 aromatic carbocycles. The van der Waals surface area contributed by atoms with Crippen molar-refractivity contribution in [1.82, 2.24) is 5.32 Å². The number of benzene rings is 1. The van der Waals surface area contributed by atoms with Gasteiger partial charge in [0.05, 0.1) is 0 Å². The summed E-state index contributed by atoms with van der Waals surface area (Å²) in [5.41, 5.74) is 3.68. The van der Waals surface area contributed by atoms with E-state index in [1.165, 1.54) is 11.1 Å². The van der Waals surface area contributed by atoms with Crippen molar-refractivity contribution >= 4 is 17.2 Å². The van der Waals surface area contributed by atoms with Gasteiger partial charge in [-0.2, -0.15) is 0 Å². The lowest BCUT2D eigenvalue weighted by Crippen LogP contribution is -2.17. The van der Waals surface area contributed by atoms with Gasteiger partial charge in [0.1, 0.15) is 4.99 Å². The predicted molar refractivity (Wildman–Crippen MR) is 56.7 cm³/mol. The lowest BCUT2D eigenvalue weighted by molar-refractivity contribution is 1.19. The van der Waals surface area contributed by atoms with Crippen LogP contribution in [0.3, 0.4) is 0 Å². The maximum Gasteiger partial charge on any atom is 0.106 e. The van der Waals surface area contributed by atoms with Crippen molar-refractivity contribution in [2.75, 3.05) is 7.05 Å². The fraction of sp³-hybridized carbons (Fsp3) is 0.300. The maximum atomic E-state index is 5.16. The van der Waals surface area contributed by atoms with Crippen molar-refractivity contribution in [2.45, 2.75) is 13.8 Å². The summed E-state index contributed by atoms with van der Waals surface area (Å²) in [6.07, 6.45) is 0. The zero-order chi connectivity index (χ0) is 9.14. The highest BCUT2D eigenvalue weighted by molar-refractivity contribution is 7.80. The van der Waals surface area contributed by atoms with E-state index in [2.05, 4.69) is 25.2 Å². The summed E-state index contributed by atoms with van der Waals surface area (Å²) < 4.78 is 0. The molecule has 0 radical (unpaired) electrons. The second-order valence-corrected chi connectivity index (χ2v) is 3.23. The maximum absolute atomic E-state index is 5.16. The van der Waals surface area contributed by atoms with E-state index in [0.717, 1.165) is 10.6 Å². The summed E-state index contributed by atoms with van der Waals surface area (Å²) in [7, 11) is 1.85. The van der Waals surface area contributed by atoms with E-state index in [0.29, 0.717) is 0 Å². The van der Waals surface area contributed by atoms with Gasteiger partial charge in [-0.25, -0.2) is 0 Å². The molecule has 0 aliphatic heterocycles. The van der Waals surface area contributed by atoms with Crippen LogP contribution in [-0.2, 0) is 0 Å². The molecule has 1 N–H and O–H groups in total. The van der Waals surface area contributed by atoms with E-state index >= 15 is 0 Å². The number of nitrogens with one attached hydrogen (secondary N) is 1. The Morgan fingerprint density at radius 1 is 1.33 bits per heavy atom. The minimum absolute atomic E-state index is 0.816. The Hall–Kier alpha value is -0.890. The fourth-order valence-electron chi connectivity index (χ4n) is 1.13. The van der Waals surface area contributed by atoms with Crippen molar-refractivity contribution in [3.8, 4) is 0 Å². The quantitative estimate of drug-likeness (QED) is 0.663. The highest BCUT2D eigenvalue weighted by Crippen LogP contribution is 2.12. The van der Waals surface area contributed by atoms with E-state index in [4.69, 9.17) is 12.2 Å². The molecule has 2 heteroatoms. The zero-order valence-corrected chi connectivity index (χ0v) is 8.46. The minimum Gasteiger partial charge on any atom is -0.379 e. The Bertz CT molecular complexity index is 305. The number of hydrogen-bond donors (Lipinski definition) is 1. The molecule has 0 fully saturated rings. The van der Waals surface area contributed by atoms with Crippen LogP contribution in [0.25, 0.3) is 0 Å². The first-order valence-electron chi connectivity index (χ1n) is 3.95. The molecule has 0 unspecified atom stereocenters. The lowest BCUT2D eigenvalue weighted by atomic mass is 10.0. The SMILES string of the molecule is CNC(=S)c1cccc(C)c1C. The van der Waals surface area contributed by atoms with Gasteiger partial charge in [0.15, 0.2) is 0 Å². The van der Waals surface area contributed by atoms with Crippen LogP contribution < -0.4 is 5.32 Å². The molecule has 0 amide bonds. The smallest absolute Gasteiger partial charge is 0.106 e. The third kappa shape index (κ3) is 1.64. The molecule has 12 heavy (non-hydrogen) atoms. The van der Waals surface area contributed by atoms with Crippen LogP contribution in [0.4, 0.5) is 0 Å². The predicted octanol–water partition coefficient (Wildman–Crippen LogP) is 2.20.